The fourth-order valence-corrected chi connectivity index (χ4v) is 2.22. The largest absolute Gasteiger partial charge is 0.492 e. The normalized spacial score (nSPS) is 10.3. The minimum atomic E-state index is -0.174. The lowest BCUT2D eigenvalue weighted by molar-refractivity contribution is 0.0947. The van der Waals surface area contributed by atoms with Crippen molar-refractivity contribution in [2.24, 2.45) is 7.05 Å². The number of benzene rings is 1. The summed E-state index contributed by atoms with van der Waals surface area (Å²) in [5.74, 6) is 1.98. The molecule has 128 valence electrons. The third-order valence-corrected chi connectivity index (χ3v) is 3.50. The average Bonchev–Trinajstić information content (AvgIpc) is 3.04. The summed E-state index contributed by atoms with van der Waals surface area (Å²) >= 11 is 0. The van der Waals surface area contributed by atoms with Gasteiger partial charge in [-0.1, -0.05) is 18.2 Å². The van der Waals surface area contributed by atoms with E-state index in [-0.39, 0.29) is 5.91 Å². The number of nitrogens with zero attached hydrogens (tertiary/aromatic N) is 3. The molecule has 2 aromatic heterocycles. The Balaban J connectivity index is 1.52. The Morgan fingerprint density at radius 2 is 2.00 bits per heavy atom. The third kappa shape index (κ3) is 4.57. The lowest BCUT2D eigenvalue weighted by atomic mass is 10.2. The molecular weight excluding hydrogens is 318 g/mol. The summed E-state index contributed by atoms with van der Waals surface area (Å²) in [6, 6.07) is 14.7. The van der Waals surface area contributed by atoms with E-state index in [9.17, 15) is 4.79 Å². The quantitative estimate of drug-likeness (QED) is 0.647. The number of nitrogens with one attached hydrogen (secondary N) is 2. The van der Waals surface area contributed by atoms with E-state index in [0.717, 1.165) is 11.6 Å². The second-order valence-corrected chi connectivity index (χ2v) is 5.31. The van der Waals surface area contributed by atoms with Gasteiger partial charge in [0.05, 0.1) is 12.7 Å². The maximum Gasteiger partial charge on any atom is 0.251 e. The number of carbonyl (C=O) groups excluding carboxylic acids is 1. The molecule has 0 saturated heterocycles. The van der Waals surface area contributed by atoms with E-state index in [1.165, 1.54) is 0 Å². The van der Waals surface area contributed by atoms with Gasteiger partial charge in [0.25, 0.3) is 5.91 Å². The Morgan fingerprint density at radius 3 is 2.76 bits per heavy atom. The van der Waals surface area contributed by atoms with Crippen LogP contribution in [0.25, 0.3) is 0 Å². The first-order valence-corrected chi connectivity index (χ1v) is 7.89. The van der Waals surface area contributed by atoms with Gasteiger partial charge in [0.2, 0.25) is 0 Å². The summed E-state index contributed by atoms with van der Waals surface area (Å²) in [7, 11) is 1.83. The molecule has 7 nitrogen and oxygen atoms in total. The van der Waals surface area contributed by atoms with Crippen molar-refractivity contribution in [2.75, 3.05) is 18.5 Å². The van der Waals surface area contributed by atoms with E-state index in [0.29, 0.717) is 24.5 Å². The highest BCUT2D eigenvalue weighted by Gasteiger charge is 2.07. The molecule has 0 radical (unpaired) electrons. The minimum absolute atomic E-state index is 0.174. The standard InChI is InChI=1S/C18H19N5O2/c1-23-17(8-10-21-23)22-16-13-14(7-9-19-16)18(24)20-11-12-25-15-5-3-2-4-6-15/h2-10,13H,11-12H2,1H3,(H,19,22)(H,20,24). The van der Waals surface area contributed by atoms with E-state index < -0.39 is 0 Å². The molecule has 25 heavy (non-hydrogen) atoms. The Labute approximate surface area is 145 Å². The van der Waals surface area contributed by atoms with Crippen LogP contribution in [0.1, 0.15) is 10.4 Å². The van der Waals surface area contributed by atoms with Crippen LogP contribution in [-0.2, 0) is 7.05 Å². The molecule has 2 heterocycles. The van der Waals surface area contributed by atoms with Crippen molar-refractivity contribution in [2.45, 2.75) is 0 Å². The maximum atomic E-state index is 12.2. The highest BCUT2D eigenvalue weighted by atomic mass is 16.5. The van der Waals surface area contributed by atoms with Gasteiger partial charge in [0.15, 0.2) is 0 Å². The van der Waals surface area contributed by atoms with Crippen LogP contribution in [0.4, 0.5) is 11.6 Å². The first-order valence-electron chi connectivity index (χ1n) is 7.89. The first kappa shape index (κ1) is 16.5. The molecule has 0 unspecified atom stereocenters. The molecule has 0 fully saturated rings. The molecule has 0 spiro atoms. The molecule has 0 aliphatic carbocycles. The fourth-order valence-electron chi connectivity index (χ4n) is 2.22. The van der Waals surface area contributed by atoms with Crippen molar-refractivity contribution in [3.8, 4) is 5.75 Å². The lowest BCUT2D eigenvalue weighted by Crippen LogP contribution is -2.28. The number of hydrogen-bond donors (Lipinski definition) is 2. The number of amides is 1. The average molecular weight is 337 g/mol. The number of rotatable bonds is 7. The number of para-hydroxylation sites is 1. The van der Waals surface area contributed by atoms with Crippen LogP contribution < -0.4 is 15.4 Å². The summed E-state index contributed by atoms with van der Waals surface area (Å²) in [4.78, 5) is 16.5. The molecule has 3 rings (SSSR count). The zero-order valence-corrected chi connectivity index (χ0v) is 13.8. The van der Waals surface area contributed by atoms with Crippen molar-refractivity contribution in [1.82, 2.24) is 20.1 Å². The van der Waals surface area contributed by atoms with Gasteiger partial charge in [-0.2, -0.15) is 5.10 Å². The zero-order chi connectivity index (χ0) is 17.5. The summed E-state index contributed by atoms with van der Waals surface area (Å²) in [5.41, 5.74) is 0.527. The van der Waals surface area contributed by atoms with Gasteiger partial charge in [-0.05, 0) is 24.3 Å². The third-order valence-electron chi connectivity index (χ3n) is 3.50. The van der Waals surface area contributed by atoms with Crippen LogP contribution in [0.15, 0.2) is 60.9 Å². The van der Waals surface area contributed by atoms with E-state index in [1.807, 2.05) is 43.4 Å². The van der Waals surface area contributed by atoms with Crippen LogP contribution >= 0.6 is 0 Å². The Hall–Kier alpha value is -3.35. The predicted octanol–water partition coefficient (Wildman–Crippen LogP) is 2.37. The number of pyridine rings is 1. The molecule has 2 N–H and O–H groups in total. The smallest absolute Gasteiger partial charge is 0.251 e. The summed E-state index contributed by atoms with van der Waals surface area (Å²) in [6.07, 6.45) is 3.28. The lowest BCUT2D eigenvalue weighted by Gasteiger charge is -2.09. The molecule has 3 aromatic rings. The van der Waals surface area contributed by atoms with Crippen LogP contribution in [0.2, 0.25) is 0 Å². The van der Waals surface area contributed by atoms with Crippen LogP contribution in [-0.4, -0.2) is 33.8 Å². The molecule has 0 atom stereocenters. The molecule has 0 aliphatic rings. The van der Waals surface area contributed by atoms with Crippen LogP contribution in [0, 0.1) is 0 Å². The number of carbonyl (C=O) groups is 1. The summed E-state index contributed by atoms with van der Waals surface area (Å²) in [6.45, 7) is 0.821. The fraction of sp³-hybridized carbons (Fsp3) is 0.167. The second-order valence-electron chi connectivity index (χ2n) is 5.31. The minimum Gasteiger partial charge on any atom is -0.492 e. The maximum absolute atomic E-state index is 12.2. The van der Waals surface area contributed by atoms with E-state index in [4.69, 9.17) is 4.74 Å². The van der Waals surface area contributed by atoms with Crippen LogP contribution in [0.3, 0.4) is 0 Å². The number of aromatic nitrogens is 3. The Kier molecular flexibility index (Phi) is 5.26. The van der Waals surface area contributed by atoms with Crippen molar-refractivity contribution in [3.63, 3.8) is 0 Å². The van der Waals surface area contributed by atoms with Gasteiger partial charge < -0.3 is 15.4 Å². The van der Waals surface area contributed by atoms with Gasteiger partial charge in [0.1, 0.15) is 24.0 Å². The van der Waals surface area contributed by atoms with Gasteiger partial charge in [-0.25, -0.2) is 4.98 Å². The topological polar surface area (TPSA) is 81.1 Å². The highest BCUT2D eigenvalue weighted by molar-refractivity contribution is 5.94. The van der Waals surface area contributed by atoms with Crippen molar-refractivity contribution in [1.29, 1.82) is 0 Å². The number of aryl methyl sites for hydroxylation is 1. The summed E-state index contributed by atoms with van der Waals surface area (Å²) < 4.78 is 7.24. The SMILES string of the molecule is Cn1nccc1Nc1cc(C(=O)NCCOc2ccccc2)ccn1. The van der Waals surface area contributed by atoms with Gasteiger partial charge >= 0.3 is 0 Å². The van der Waals surface area contributed by atoms with Crippen molar-refractivity contribution >= 4 is 17.5 Å². The van der Waals surface area contributed by atoms with Crippen molar-refractivity contribution < 1.29 is 9.53 Å². The van der Waals surface area contributed by atoms with Gasteiger partial charge in [-0.15, -0.1) is 0 Å². The molecule has 7 heteroatoms. The summed E-state index contributed by atoms with van der Waals surface area (Å²) in [5, 5.41) is 10.0. The molecule has 1 amide bonds. The molecule has 0 aliphatic heterocycles. The number of hydrogen-bond acceptors (Lipinski definition) is 5. The second kappa shape index (κ2) is 7.96. The van der Waals surface area contributed by atoms with Crippen LogP contribution in [0.5, 0.6) is 5.75 Å². The van der Waals surface area contributed by atoms with Gasteiger partial charge in [0, 0.05) is 24.9 Å². The molecule has 0 bridgehead atoms. The molecule has 1 aromatic carbocycles. The number of ether oxygens (including phenoxy) is 1. The molecule has 0 saturated carbocycles. The zero-order valence-electron chi connectivity index (χ0n) is 13.8. The highest BCUT2D eigenvalue weighted by Crippen LogP contribution is 2.14. The Bertz CT molecular complexity index is 832. The van der Waals surface area contributed by atoms with E-state index in [1.54, 1.807) is 29.2 Å². The van der Waals surface area contributed by atoms with E-state index >= 15 is 0 Å². The van der Waals surface area contributed by atoms with Gasteiger partial charge in [-0.3, -0.25) is 9.48 Å². The molecular formula is C18H19N5O2. The number of anilines is 2. The van der Waals surface area contributed by atoms with Crippen molar-refractivity contribution in [3.05, 3.63) is 66.5 Å². The Morgan fingerprint density at radius 1 is 1.16 bits per heavy atom. The predicted molar refractivity (Wildman–Crippen MR) is 95.0 cm³/mol. The monoisotopic (exact) mass is 337 g/mol. The van der Waals surface area contributed by atoms with E-state index in [2.05, 4.69) is 20.7 Å². The first-order chi connectivity index (χ1) is 12.2.